The second kappa shape index (κ2) is 5.30. The Morgan fingerprint density at radius 1 is 1.33 bits per heavy atom. The molecule has 0 aliphatic rings. The van der Waals surface area contributed by atoms with Gasteiger partial charge in [-0.2, -0.15) is 0 Å². The van der Waals surface area contributed by atoms with Crippen LogP contribution in [0.25, 0.3) is 5.57 Å². The van der Waals surface area contributed by atoms with Crippen LogP contribution in [0.2, 0.25) is 0 Å². The molecule has 15 heavy (non-hydrogen) atoms. The van der Waals surface area contributed by atoms with Crippen LogP contribution in [0.15, 0.2) is 43.3 Å². The number of pyridine rings is 1. The van der Waals surface area contributed by atoms with Crippen molar-refractivity contribution < 1.29 is 0 Å². The average molecular weight is 199 g/mol. The van der Waals surface area contributed by atoms with E-state index in [4.69, 9.17) is 0 Å². The molecule has 0 amide bonds. The van der Waals surface area contributed by atoms with E-state index in [1.54, 1.807) is 6.08 Å². The molecule has 0 spiro atoms. The molecule has 0 aliphatic carbocycles. The summed E-state index contributed by atoms with van der Waals surface area (Å²) in [4.78, 5) is 4.22. The highest BCUT2D eigenvalue weighted by molar-refractivity contribution is 5.76. The van der Waals surface area contributed by atoms with E-state index in [1.807, 2.05) is 31.5 Å². The summed E-state index contributed by atoms with van der Waals surface area (Å²) < 4.78 is 0. The molecule has 0 aliphatic heterocycles. The maximum Gasteiger partial charge on any atom is 0.0349 e. The fourth-order valence-electron chi connectivity index (χ4n) is 1.46. The highest BCUT2D eigenvalue weighted by atomic mass is 14.6. The van der Waals surface area contributed by atoms with Crippen molar-refractivity contribution in [2.45, 2.75) is 20.8 Å². The lowest BCUT2D eigenvalue weighted by atomic mass is 9.99. The fraction of sp³-hybridized carbons (Fsp3) is 0.214. The highest BCUT2D eigenvalue weighted by Crippen LogP contribution is 2.21. The molecule has 0 atom stereocenters. The smallest absolute Gasteiger partial charge is 0.0349 e. The molecule has 0 radical (unpaired) electrons. The number of aryl methyl sites for hydroxylation is 1. The van der Waals surface area contributed by atoms with Gasteiger partial charge in [-0.15, -0.1) is 0 Å². The molecule has 0 bridgehead atoms. The van der Waals surface area contributed by atoms with Gasteiger partial charge in [0.1, 0.15) is 0 Å². The van der Waals surface area contributed by atoms with Crippen LogP contribution in [-0.4, -0.2) is 4.98 Å². The van der Waals surface area contributed by atoms with Crippen molar-refractivity contribution in [2.75, 3.05) is 0 Å². The van der Waals surface area contributed by atoms with Crippen LogP contribution in [0.3, 0.4) is 0 Å². The standard InChI is InChI=1S/C14H17N/c1-5-7-13(8-6-2)14-10-15-9-11(3)12(14)4/h5-10H,1H2,2-4H3/b8-6-,13-7+. The number of allylic oxidation sites excluding steroid dienone is 5. The van der Waals surface area contributed by atoms with Gasteiger partial charge < -0.3 is 0 Å². The Kier molecular flexibility index (Phi) is 4.04. The summed E-state index contributed by atoms with van der Waals surface area (Å²) in [5, 5.41) is 0. The summed E-state index contributed by atoms with van der Waals surface area (Å²) in [5.41, 5.74) is 4.82. The van der Waals surface area contributed by atoms with Crippen LogP contribution in [0, 0.1) is 13.8 Å². The van der Waals surface area contributed by atoms with Crippen molar-refractivity contribution >= 4 is 5.57 Å². The Balaban J connectivity index is 3.29. The lowest BCUT2D eigenvalue weighted by Gasteiger charge is -2.08. The van der Waals surface area contributed by atoms with Gasteiger partial charge in [0.15, 0.2) is 0 Å². The highest BCUT2D eigenvalue weighted by Gasteiger charge is 2.03. The van der Waals surface area contributed by atoms with E-state index < -0.39 is 0 Å². The zero-order valence-corrected chi connectivity index (χ0v) is 9.62. The molecule has 1 aromatic heterocycles. The van der Waals surface area contributed by atoms with Crippen molar-refractivity contribution in [3.8, 4) is 0 Å². The van der Waals surface area contributed by atoms with Crippen molar-refractivity contribution in [1.82, 2.24) is 4.98 Å². The molecule has 1 aromatic rings. The van der Waals surface area contributed by atoms with E-state index >= 15 is 0 Å². The monoisotopic (exact) mass is 199 g/mol. The predicted molar refractivity (Wildman–Crippen MR) is 66.7 cm³/mol. The maximum atomic E-state index is 4.22. The molecule has 1 heterocycles. The second-order valence-electron chi connectivity index (χ2n) is 3.49. The van der Waals surface area contributed by atoms with Gasteiger partial charge in [0, 0.05) is 18.0 Å². The van der Waals surface area contributed by atoms with Crippen molar-refractivity contribution in [3.63, 3.8) is 0 Å². The second-order valence-corrected chi connectivity index (χ2v) is 3.49. The minimum Gasteiger partial charge on any atom is -0.264 e. The van der Waals surface area contributed by atoms with Gasteiger partial charge in [0.25, 0.3) is 0 Å². The molecule has 1 heteroatoms. The third kappa shape index (κ3) is 2.66. The summed E-state index contributed by atoms with van der Waals surface area (Å²) in [6.45, 7) is 9.93. The molecule has 1 nitrogen and oxygen atoms in total. The lowest BCUT2D eigenvalue weighted by Crippen LogP contribution is -1.92. The first kappa shape index (κ1) is 11.4. The Morgan fingerprint density at radius 3 is 2.67 bits per heavy atom. The van der Waals surface area contributed by atoms with Gasteiger partial charge >= 0.3 is 0 Å². The van der Waals surface area contributed by atoms with Crippen molar-refractivity contribution in [3.05, 3.63) is 60.0 Å². The first-order valence-electron chi connectivity index (χ1n) is 5.07. The van der Waals surface area contributed by atoms with E-state index in [0.29, 0.717) is 0 Å². The lowest BCUT2D eigenvalue weighted by molar-refractivity contribution is 1.20. The summed E-state index contributed by atoms with van der Waals surface area (Å²) >= 11 is 0. The number of rotatable bonds is 3. The van der Waals surface area contributed by atoms with E-state index in [2.05, 4.69) is 31.5 Å². The minimum absolute atomic E-state index is 1.15. The number of aromatic nitrogens is 1. The van der Waals surface area contributed by atoms with Crippen LogP contribution < -0.4 is 0 Å². The quantitative estimate of drug-likeness (QED) is 0.674. The third-order valence-corrected chi connectivity index (χ3v) is 2.42. The van der Waals surface area contributed by atoms with Crippen LogP contribution in [0.5, 0.6) is 0 Å². The van der Waals surface area contributed by atoms with Gasteiger partial charge in [0.05, 0.1) is 0 Å². The zero-order valence-electron chi connectivity index (χ0n) is 9.62. The average Bonchev–Trinajstić information content (AvgIpc) is 2.22. The molecule has 1 rings (SSSR count). The number of hydrogen-bond donors (Lipinski definition) is 0. The van der Waals surface area contributed by atoms with Crippen LogP contribution in [0.4, 0.5) is 0 Å². The third-order valence-electron chi connectivity index (χ3n) is 2.42. The van der Waals surface area contributed by atoms with Crippen LogP contribution in [0.1, 0.15) is 23.6 Å². The maximum absolute atomic E-state index is 4.22. The molecular weight excluding hydrogens is 182 g/mol. The SMILES string of the molecule is C=C/C=C(\C=C/C)c1cncc(C)c1C. The number of nitrogens with zero attached hydrogens (tertiary/aromatic N) is 1. The predicted octanol–water partition coefficient (Wildman–Crippen LogP) is 3.84. The van der Waals surface area contributed by atoms with Gasteiger partial charge in [-0.3, -0.25) is 4.98 Å². The molecule has 0 saturated heterocycles. The van der Waals surface area contributed by atoms with E-state index in [9.17, 15) is 0 Å². The van der Waals surface area contributed by atoms with Gasteiger partial charge in [-0.25, -0.2) is 0 Å². The zero-order chi connectivity index (χ0) is 11.3. The molecular formula is C14H17N. The summed E-state index contributed by atoms with van der Waals surface area (Å²) in [5.74, 6) is 0. The molecule has 0 N–H and O–H groups in total. The Morgan fingerprint density at radius 2 is 2.07 bits per heavy atom. The first-order chi connectivity index (χ1) is 7.20. The van der Waals surface area contributed by atoms with Crippen molar-refractivity contribution in [1.29, 1.82) is 0 Å². The topological polar surface area (TPSA) is 12.9 Å². The summed E-state index contributed by atoms with van der Waals surface area (Å²) in [6.07, 6.45) is 11.7. The Bertz CT molecular complexity index is 411. The van der Waals surface area contributed by atoms with Gasteiger partial charge in [-0.05, 0) is 37.5 Å². The Hall–Kier alpha value is -1.63. The molecule has 0 aromatic carbocycles. The molecule has 0 fully saturated rings. The van der Waals surface area contributed by atoms with Crippen LogP contribution >= 0.6 is 0 Å². The van der Waals surface area contributed by atoms with Gasteiger partial charge in [0.2, 0.25) is 0 Å². The molecule has 0 unspecified atom stereocenters. The number of hydrogen-bond acceptors (Lipinski definition) is 1. The molecule has 0 saturated carbocycles. The Labute approximate surface area is 91.9 Å². The first-order valence-corrected chi connectivity index (χ1v) is 5.07. The molecule has 78 valence electrons. The van der Waals surface area contributed by atoms with Crippen LogP contribution in [-0.2, 0) is 0 Å². The van der Waals surface area contributed by atoms with E-state index in [1.165, 1.54) is 16.7 Å². The largest absolute Gasteiger partial charge is 0.264 e. The van der Waals surface area contributed by atoms with Crippen molar-refractivity contribution in [2.24, 2.45) is 0 Å². The normalized spacial score (nSPS) is 12.1. The van der Waals surface area contributed by atoms with Gasteiger partial charge in [-0.1, -0.05) is 30.9 Å². The van der Waals surface area contributed by atoms with E-state index in [-0.39, 0.29) is 0 Å². The summed E-state index contributed by atoms with van der Waals surface area (Å²) in [7, 11) is 0. The van der Waals surface area contributed by atoms with E-state index in [0.717, 1.165) is 5.57 Å². The minimum atomic E-state index is 1.15. The fourth-order valence-corrected chi connectivity index (χ4v) is 1.46. The summed E-state index contributed by atoms with van der Waals surface area (Å²) in [6, 6.07) is 0.